The Labute approximate surface area is 127 Å². The standard InChI is InChI=1S/C15H17N7/c16-14-12(9-19-15(17)21-14)8-18-7-10-1-3-11(4-2-10)13-5-6-20-22-13/h1-6,9,18H,7-8H2,(H,20,22)(H4,16,17,19,21). The van der Waals surface area contributed by atoms with Gasteiger partial charge in [0.25, 0.3) is 0 Å². The van der Waals surface area contributed by atoms with E-state index in [1.165, 1.54) is 5.56 Å². The van der Waals surface area contributed by atoms with Crippen molar-refractivity contribution < 1.29 is 0 Å². The van der Waals surface area contributed by atoms with Crippen LogP contribution in [-0.2, 0) is 13.1 Å². The minimum absolute atomic E-state index is 0.190. The number of rotatable bonds is 5. The van der Waals surface area contributed by atoms with Crippen molar-refractivity contribution in [2.45, 2.75) is 13.1 Å². The number of aromatic amines is 1. The van der Waals surface area contributed by atoms with Gasteiger partial charge >= 0.3 is 0 Å². The van der Waals surface area contributed by atoms with Gasteiger partial charge in [0.15, 0.2) is 0 Å². The highest BCUT2D eigenvalue weighted by Gasteiger charge is 2.03. The molecule has 6 N–H and O–H groups in total. The van der Waals surface area contributed by atoms with Gasteiger partial charge in [0.05, 0.1) is 5.69 Å². The monoisotopic (exact) mass is 295 g/mol. The van der Waals surface area contributed by atoms with Crippen LogP contribution in [0.4, 0.5) is 11.8 Å². The first kappa shape index (κ1) is 14.0. The SMILES string of the molecule is Nc1ncc(CNCc2ccc(-c3ccn[nH]3)cc2)c(N)n1. The summed E-state index contributed by atoms with van der Waals surface area (Å²) in [6.07, 6.45) is 3.38. The van der Waals surface area contributed by atoms with Gasteiger partial charge in [-0.2, -0.15) is 10.1 Å². The first-order chi connectivity index (χ1) is 10.7. The summed E-state index contributed by atoms with van der Waals surface area (Å²) >= 11 is 0. The molecule has 2 heterocycles. The Morgan fingerprint density at radius 1 is 1.05 bits per heavy atom. The molecule has 0 spiro atoms. The van der Waals surface area contributed by atoms with E-state index in [9.17, 15) is 0 Å². The number of nitrogens with two attached hydrogens (primary N) is 2. The van der Waals surface area contributed by atoms with Crippen molar-refractivity contribution in [3.8, 4) is 11.3 Å². The molecule has 1 aromatic carbocycles. The van der Waals surface area contributed by atoms with Crippen LogP contribution >= 0.6 is 0 Å². The molecule has 22 heavy (non-hydrogen) atoms. The smallest absolute Gasteiger partial charge is 0.221 e. The fraction of sp³-hybridized carbons (Fsp3) is 0.133. The van der Waals surface area contributed by atoms with Crippen LogP contribution in [0.5, 0.6) is 0 Å². The third kappa shape index (κ3) is 3.21. The Hall–Kier alpha value is -2.93. The Morgan fingerprint density at radius 3 is 2.55 bits per heavy atom. The van der Waals surface area contributed by atoms with Crippen LogP contribution < -0.4 is 16.8 Å². The van der Waals surface area contributed by atoms with Crippen LogP contribution in [0.25, 0.3) is 11.3 Å². The lowest BCUT2D eigenvalue weighted by atomic mass is 10.1. The molecule has 0 aliphatic rings. The normalized spacial score (nSPS) is 10.7. The van der Waals surface area contributed by atoms with Crippen molar-refractivity contribution in [3.05, 3.63) is 53.9 Å². The second-order valence-corrected chi connectivity index (χ2v) is 4.91. The molecule has 3 aromatic rings. The van der Waals surface area contributed by atoms with Gasteiger partial charge in [-0.3, -0.25) is 5.10 Å². The summed E-state index contributed by atoms with van der Waals surface area (Å²) in [6, 6.07) is 10.2. The maximum atomic E-state index is 5.79. The molecule has 0 unspecified atom stereocenters. The van der Waals surface area contributed by atoms with Gasteiger partial charge in [0.1, 0.15) is 5.82 Å². The molecule has 0 atom stereocenters. The highest BCUT2D eigenvalue weighted by Crippen LogP contribution is 2.16. The summed E-state index contributed by atoms with van der Waals surface area (Å²) in [7, 11) is 0. The van der Waals surface area contributed by atoms with Crippen LogP contribution in [0.15, 0.2) is 42.7 Å². The summed E-state index contributed by atoms with van der Waals surface area (Å²) < 4.78 is 0. The zero-order valence-electron chi connectivity index (χ0n) is 12.0. The number of H-pyrrole nitrogens is 1. The Bertz CT molecular complexity index is 735. The summed E-state index contributed by atoms with van der Waals surface area (Å²) in [5.74, 6) is 0.602. The van der Waals surface area contributed by atoms with E-state index in [0.29, 0.717) is 12.4 Å². The van der Waals surface area contributed by atoms with Crippen molar-refractivity contribution in [2.75, 3.05) is 11.5 Å². The van der Waals surface area contributed by atoms with Gasteiger partial charge in [0, 0.05) is 31.0 Å². The Balaban J connectivity index is 1.57. The quantitative estimate of drug-likeness (QED) is 0.563. The molecule has 0 amide bonds. The van der Waals surface area contributed by atoms with Crippen molar-refractivity contribution in [2.24, 2.45) is 0 Å². The van der Waals surface area contributed by atoms with E-state index >= 15 is 0 Å². The van der Waals surface area contributed by atoms with E-state index < -0.39 is 0 Å². The maximum Gasteiger partial charge on any atom is 0.221 e. The molecule has 0 fully saturated rings. The Kier molecular flexibility index (Phi) is 3.97. The second kappa shape index (κ2) is 6.23. The van der Waals surface area contributed by atoms with Gasteiger partial charge < -0.3 is 16.8 Å². The molecule has 0 aliphatic heterocycles. The fourth-order valence-corrected chi connectivity index (χ4v) is 2.13. The average Bonchev–Trinajstić information content (AvgIpc) is 3.04. The average molecular weight is 295 g/mol. The maximum absolute atomic E-state index is 5.79. The zero-order chi connectivity index (χ0) is 15.4. The number of aromatic nitrogens is 4. The minimum atomic E-state index is 0.190. The number of benzene rings is 1. The highest BCUT2D eigenvalue weighted by atomic mass is 15.1. The predicted molar refractivity (Wildman–Crippen MR) is 85.4 cm³/mol. The van der Waals surface area contributed by atoms with Gasteiger partial charge in [-0.1, -0.05) is 24.3 Å². The van der Waals surface area contributed by atoms with Gasteiger partial charge in [-0.15, -0.1) is 0 Å². The molecule has 0 aliphatic carbocycles. The van der Waals surface area contributed by atoms with Crippen LogP contribution in [0.3, 0.4) is 0 Å². The first-order valence-electron chi connectivity index (χ1n) is 6.88. The lowest BCUT2D eigenvalue weighted by molar-refractivity contribution is 0.691. The van der Waals surface area contributed by atoms with Crippen molar-refractivity contribution in [1.82, 2.24) is 25.5 Å². The summed E-state index contributed by atoms with van der Waals surface area (Å²) in [5.41, 5.74) is 15.4. The second-order valence-electron chi connectivity index (χ2n) is 4.91. The molecule has 3 rings (SSSR count). The predicted octanol–water partition coefficient (Wildman–Crippen LogP) is 1.32. The van der Waals surface area contributed by atoms with E-state index in [1.54, 1.807) is 12.4 Å². The van der Waals surface area contributed by atoms with Crippen LogP contribution in [0, 0.1) is 0 Å². The van der Waals surface area contributed by atoms with Gasteiger partial charge in [-0.25, -0.2) is 4.98 Å². The third-order valence-electron chi connectivity index (χ3n) is 3.33. The first-order valence-corrected chi connectivity index (χ1v) is 6.88. The molecule has 112 valence electrons. The number of nitrogen functional groups attached to an aromatic ring is 2. The van der Waals surface area contributed by atoms with Crippen molar-refractivity contribution >= 4 is 11.8 Å². The number of nitrogens with one attached hydrogen (secondary N) is 2. The molecule has 2 aromatic heterocycles. The van der Waals surface area contributed by atoms with Gasteiger partial charge in [0.2, 0.25) is 5.95 Å². The molecule has 0 bridgehead atoms. The minimum Gasteiger partial charge on any atom is -0.383 e. The molecule has 7 nitrogen and oxygen atoms in total. The fourth-order valence-electron chi connectivity index (χ4n) is 2.13. The zero-order valence-corrected chi connectivity index (χ0v) is 12.0. The largest absolute Gasteiger partial charge is 0.383 e. The number of nitrogens with zero attached hydrogens (tertiary/aromatic N) is 3. The third-order valence-corrected chi connectivity index (χ3v) is 3.33. The van der Waals surface area contributed by atoms with Crippen LogP contribution in [-0.4, -0.2) is 20.2 Å². The van der Waals surface area contributed by atoms with E-state index in [0.717, 1.165) is 23.4 Å². The molecule has 0 saturated heterocycles. The lowest BCUT2D eigenvalue weighted by Crippen LogP contribution is -2.15. The summed E-state index contributed by atoms with van der Waals surface area (Å²) in [4.78, 5) is 7.88. The van der Waals surface area contributed by atoms with Crippen molar-refractivity contribution in [1.29, 1.82) is 0 Å². The van der Waals surface area contributed by atoms with Crippen LogP contribution in [0.1, 0.15) is 11.1 Å². The van der Waals surface area contributed by atoms with E-state index in [2.05, 4.69) is 49.7 Å². The van der Waals surface area contributed by atoms with Crippen molar-refractivity contribution in [3.63, 3.8) is 0 Å². The molecular formula is C15H17N7. The van der Waals surface area contributed by atoms with E-state index in [-0.39, 0.29) is 5.95 Å². The summed E-state index contributed by atoms with van der Waals surface area (Å²) in [5, 5.41) is 10.2. The Morgan fingerprint density at radius 2 is 1.86 bits per heavy atom. The topological polar surface area (TPSA) is 119 Å². The highest BCUT2D eigenvalue weighted by molar-refractivity contribution is 5.58. The number of anilines is 2. The molecule has 0 saturated carbocycles. The van der Waals surface area contributed by atoms with Gasteiger partial charge in [-0.05, 0) is 17.2 Å². The van der Waals surface area contributed by atoms with E-state index in [4.69, 9.17) is 11.5 Å². The molecular weight excluding hydrogens is 278 g/mol. The number of hydrogen-bond donors (Lipinski definition) is 4. The molecule has 0 radical (unpaired) electrons. The summed E-state index contributed by atoms with van der Waals surface area (Å²) in [6.45, 7) is 1.32. The van der Waals surface area contributed by atoms with Crippen LogP contribution in [0.2, 0.25) is 0 Å². The van der Waals surface area contributed by atoms with E-state index in [1.807, 2.05) is 6.07 Å². The number of hydrogen-bond acceptors (Lipinski definition) is 6. The molecule has 7 heteroatoms. The lowest BCUT2D eigenvalue weighted by Gasteiger charge is -2.07.